The molecular formula is C10H18N4O3. The van der Waals surface area contributed by atoms with Crippen molar-refractivity contribution in [1.82, 2.24) is 14.8 Å². The van der Waals surface area contributed by atoms with Crippen LogP contribution in [0.2, 0.25) is 0 Å². The predicted molar refractivity (Wildman–Crippen MR) is 61.1 cm³/mol. The van der Waals surface area contributed by atoms with Gasteiger partial charge in [0.2, 0.25) is 5.95 Å². The molecule has 0 aromatic carbocycles. The maximum absolute atomic E-state index is 11.3. The fourth-order valence-electron chi connectivity index (χ4n) is 1.13. The molecule has 1 aromatic heterocycles. The number of anilines is 1. The molecule has 2 N–H and O–H groups in total. The van der Waals surface area contributed by atoms with Crippen LogP contribution >= 0.6 is 0 Å². The Morgan fingerprint density at radius 3 is 2.94 bits per heavy atom. The summed E-state index contributed by atoms with van der Waals surface area (Å²) in [4.78, 5) is 15.0. The summed E-state index contributed by atoms with van der Waals surface area (Å²) in [5.74, 6) is -0.241. The molecule has 7 heteroatoms. The molecule has 17 heavy (non-hydrogen) atoms. The van der Waals surface area contributed by atoms with Gasteiger partial charge in [-0.1, -0.05) is 13.3 Å². The average molecular weight is 242 g/mol. The van der Waals surface area contributed by atoms with Gasteiger partial charge in [-0.15, -0.1) is 5.10 Å². The van der Waals surface area contributed by atoms with E-state index in [1.807, 2.05) is 0 Å². The van der Waals surface area contributed by atoms with Crippen LogP contribution in [0, 0.1) is 0 Å². The van der Waals surface area contributed by atoms with Crippen molar-refractivity contribution in [3.05, 3.63) is 6.33 Å². The molecule has 0 saturated heterocycles. The number of ether oxygens (including phenoxy) is 2. The minimum absolute atomic E-state index is 0.0131. The number of nitrogens with zero attached hydrogens (tertiary/aromatic N) is 3. The lowest BCUT2D eigenvalue weighted by Crippen LogP contribution is -2.17. The standard InChI is InChI=1S/C10H18N4O3/c1-2-3-4-16-5-6-17-9(15)7-14-8-12-10(11)13-14/h8H,2-7H2,1H3,(H2,11,13). The average Bonchev–Trinajstić information content (AvgIpc) is 2.69. The zero-order valence-corrected chi connectivity index (χ0v) is 9.96. The third-order valence-electron chi connectivity index (χ3n) is 1.98. The Hall–Kier alpha value is -1.63. The van der Waals surface area contributed by atoms with Gasteiger partial charge in [-0.2, -0.15) is 0 Å². The van der Waals surface area contributed by atoms with Crippen molar-refractivity contribution in [2.45, 2.75) is 26.3 Å². The Balaban J connectivity index is 2.05. The largest absolute Gasteiger partial charge is 0.462 e. The van der Waals surface area contributed by atoms with Crippen molar-refractivity contribution in [3.63, 3.8) is 0 Å². The van der Waals surface area contributed by atoms with Crippen LogP contribution < -0.4 is 5.73 Å². The number of nitrogen functional groups attached to an aromatic ring is 1. The van der Waals surface area contributed by atoms with E-state index < -0.39 is 0 Å². The van der Waals surface area contributed by atoms with Gasteiger partial charge < -0.3 is 15.2 Å². The van der Waals surface area contributed by atoms with Gasteiger partial charge in [-0.3, -0.25) is 4.79 Å². The van der Waals surface area contributed by atoms with Gasteiger partial charge in [0.05, 0.1) is 6.61 Å². The second kappa shape index (κ2) is 7.61. The number of carbonyl (C=O) groups excluding carboxylic acids is 1. The van der Waals surface area contributed by atoms with Crippen LogP contribution in [-0.4, -0.2) is 40.6 Å². The Morgan fingerprint density at radius 1 is 1.47 bits per heavy atom. The Kier molecular flexibility index (Phi) is 6.02. The highest BCUT2D eigenvalue weighted by atomic mass is 16.6. The lowest BCUT2D eigenvalue weighted by Gasteiger charge is -2.05. The molecule has 0 saturated carbocycles. The number of unbranched alkanes of at least 4 members (excludes halogenated alkanes) is 1. The summed E-state index contributed by atoms with van der Waals surface area (Å²) >= 11 is 0. The van der Waals surface area contributed by atoms with Crippen LogP contribution in [0.1, 0.15) is 19.8 Å². The summed E-state index contributed by atoms with van der Waals surface area (Å²) in [6.45, 7) is 3.48. The summed E-state index contributed by atoms with van der Waals surface area (Å²) in [5, 5.41) is 3.77. The minimum atomic E-state index is -0.381. The molecular weight excluding hydrogens is 224 g/mol. The highest BCUT2D eigenvalue weighted by Crippen LogP contribution is 1.92. The molecule has 1 aromatic rings. The quantitative estimate of drug-likeness (QED) is 0.518. The number of nitrogens with two attached hydrogens (primary N) is 1. The normalized spacial score (nSPS) is 10.4. The summed E-state index contributed by atoms with van der Waals surface area (Å²) in [7, 11) is 0. The monoisotopic (exact) mass is 242 g/mol. The first-order chi connectivity index (χ1) is 8.22. The highest BCUT2D eigenvalue weighted by molar-refractivity contribution is 5.68. The van der Waals surface area contributed by atoms with Gasteiger partial charge in [0.1, 0.15) is 19.5 Å². The van der Waals surface area contributed by atoms with Crippen LogP contribution in [0.4, 0.5) is 5.95 Å². The molecule has 0 fully saturated rings. The van der Waals surface area contributed by atoms with Crippen molar-refractivity contribution < 1.29 is 14.3 Å². The van der Waals surface area contributed by atoms with Crippen molar-refractivity contribution >= 4 is 11.9 Å². The summed E-state index contributed by atoms with van der Waals surface area (Å²) in [6.07, 6.45) is 3.49. The molecule has 96 valence electrons. The maximum Gasteiger partial charge on any atom is 0.327 e. The van der Waals surface area contributed by atoms with E-state index in [-0.39, 0.29) is 25.1 Å². The van der Waals surface area contributed by atoms with Gasteiger partial charge in [-0.05, 0) is 6.42 Å². The number of hydrogen-bond acceptors (Lipinski definition) is 6. The van der Waals surface area contributed by atoms with Crippen molar-refractivity contribution in [1.29, 1.82) is 0 Å². The van der Waals surface area contributed by atoms with E-state index in [0.29, 0.717) is 13.2 Å². The molecule has 0 atom stereocenters. The lowest BCUT2D eigenvalue weighted by atomic mass is 10.4. The van der Waals surface area contributed by atoms with E-state index in [9.17, 15) is 4.79 Å². The highest BCUT2D eigenvalue weighted by Gasteiger charge is 2.05. The molecule has 1 heterocycles. The Bertz CT molecular complexity index is 340. The van der Waals surface area contributed by atoms with E-state index in [0.717, 1.165) is 12.8 Å². The van der Waals surface area contributed by atoms with Gasteiger partial charge >= 0.3 is 5.97 Å². The summed E-state index contributed by atoms with van der Waals surface area (Å²) in [6, 6.07) is 0. The first-order valence-corrected chi connectivity index (χ1v) is 5.60. The molecule has 0 radical (unpaired) electrons. The topological polar surface area (TPSA) is 92.3 Å². The molecule has 0 spiro atoms. The Labute approximate surface area is 99.9 Å². The predicted octanol–water partition coefficient (Wildman–Crippen LogP) is 0.220. The first-order valence-electron chi connectivity index (χ1n) is 5.60. The van der Waals surface area contributed by atoms with Crippen LogP contribution in [0.15, 0.2) is 6.33 Å². The van der Waals surface area contributed by atoms with E-state index in [1.165, 1.54) is 11.0 Å². The number of aromatic nitrogens is 3. The van der Waals surface area contributed by atoms with Gasteiger partial charge in [0, 0.05) is 6.61 Å². The van der Waals surface area contributed by atoms with E-state index in [4.69, 9.17) is 15.2 Å². The smallest absolute Gasteiger partial charge is 0.327 e. The molecule has 0 bridgehead atoms. The molecule has 0 aliphatic carbocycles. The molecule has 0 amide bonds. The fraction of sp³-hybridized carbons (Fsp3) is 0.700. The van der Waals surface area contributed by atoms with Gasteiger partial charge in [0.15, 0.2) is 0 Å². The van der Waals surface area contributed by atoms with E-state index in [1.54, 1.807) is 0 Å². The van der Waals surface area contributed by atoms with Crippen molar-refractivity contribution in [2.75, 3.05) is 25.6 Å². The second-order valence-electron chi connectivity index (χ2n) is 3.49. The van der Waals surface area contributed by atoms with E-state index in [2.05, 4.69) is 17.0 Å². The number of hydrogen-bond donors (Lipinski definition) is 1. The second-order valence-corrected chi connectivity index (χ2v) is 3.49. The molecule has 0 aliphatic rings. The maximum atomic E-state index is 11.3. The molecule has 1 rings (SSSR count). The van der Waals surface area contributed by atoms with Crippen molar-refractivity contribution in [2.24, 2.45) is 0 Å². The van der Waals surface area contributed by atoms with Crippen LogP contribution in [0.5, 0.6) is 0 Å². The number of rotatable bonds is 8. The number of carbonyl (C=O) groups is 1. The fourth-order valence-corrected chi connectivity index (χ4v) is 1.13. The van der Waals surface area contributed by atoms with E-state index >= 15 is 0 Å². The van der Waals surface area contributed by atoms with Gasteiger partial charge in [0.25, 0.3) is 0 Å². The van der Waals surface area contributed by atoms with Crippen molar-refractivity contribution in [3.8, 4) is 0 Å². The molecule has 7 nitrogen and oxygen atoms in total. The zero-order chi connectivity index (χ0) is 12.5. The lowest BCUT2D eigenvalue weighted by molar-refractivity contribution is -0.146. The molecule has 0 unspecified atom stereocenters. The minimum Gasteiger partial charge on any atom is -0.462 e. The molecule has 0 aliphatic heterocycles. The number of esters is 1. The van der Waals surface area contributed by atoms with Crippen LogP contribution in [-0.2, 0) is 20.8 Å². The van der Waals surface area contributed by atoms with Gasteiger partial charge in [-0.25, -0.2) is 9.67 Å². The van der Waals surface area contributed by atoms with Crippen LogP contribution in [0.25, 0.3) is 0 Å². The van der Waals surface area contributed by atoms with Crippen LogP contribution in [0.3, 0.4) is 0 Å². The third-order valence-corrected chi connectivity index (χ3v) is 1.98. The summed E-state index contributed by atoms with van der Waals surface area (Å²) < 4.78 is 11.5. The zero-order valence-electron chi connectivity index (χ0n) is 9.96. The third kappa shape index (κ3) is 5.86. The SMILES string of the molecule is CCCCOCCOC(=O)Cn1cnc(N)n1. The Morgan fingerprint density at radius 2 is 2.29 bits per heavy atom. The summed E-state index contributed by atoms with van der Waals surface area (Å²) in [5.41, 5.74) is 5.31. The first kappa shape index (κ1) is 13.4.